The van der Waals surface area contributed by atoms with Crippen LogP contribution in [-0.2, 0) is 6.18 Å². The van der Waals surface area contributed by atoms with E-state index < -0.39 is 23.3 Å². The van der Waals surface area contributed by atoms with E-state index in [1.54, 1.807) is 0 Å². The molecular weight excluding hydrogens is 223 g/mol. The lowest BCUT2D eigenvalue weighted by Crippen LogP contribution is -2.24. The average molecular weight is 231 g/mol. The maximum Gasteiger partial charge on any atom is 0.434 e. The molecule has 0 aliphatic rings. The van der Waals surface area contributed by atoms with Crippen LogP contribution in [0.15, 0.2) is 12.8 Å². The molecule has 1 aromatic rings. The van der Waals surface area contributed by atoms with Gasteiger partial charge in [-0.2, -0.15) is 13.2 Å². The summed E-state index contributed by atoms with van der Waals surface area (Å²) in [6.07, 6.45) is -2.81. The van der Waals surface area contributed by atoms with Crippen molar-refractivity contribution in [1.82, 2.24) is 15.3 Å². The number of halogens is 3. The minimum atomic E-state index is -4.71. The molecule has 7 heteroatoms. The van der Waals surface area contributed by atoms with Gasteiger partial charge in [0.1, 0.15) is 0 Å². The minimum absolute atomic E-state index is 0.181. The van der Waals surface area contributed by atoms with Crippen LogP contribution in [0.5, 0.6) is 0 Å². The highest BCUT2D eigenvalue weighted by atomic mass is 19.4. The van der Waals surface area contributed by atoms with E-state index in [-0.39, 0.29) is 5.82 Å². The van der Waals surface area contributed by atoms with Gasteiger partial charge in [-0.05, 0) is 6.08 Å². The molecule has 0 saturated heterocycles. The second-order valence-electron chi connectivity index (χ2n) is 2.77. The second kappa shape index (κ2) is 4.30. The molecule has 0 aromatic carbocycles. The van der Waals surface area contributed by atoms with Gasteiger partial charge in [-0.25, -0.2) is 9.97 Å². The van der Waals surface area contributed by atoms with Gasteiger partial charge in [0.2, 0.25) is 0 Å². The highest BCUT2D eigenvalue weighted by molar-refractivity contribution is 5.94. The first-order valence-electron chi connectivity index (χ1n) is 4.19. The quantitative estimate of drug-likeness (QED) is 0.839. The van der Waals surface area contributed by atoms with Gasteiger partial charge < -0.3 is 5.32 Å². The average Bonchev–Trinajstić information content (AvgIpc) is 2.26. The SMILES string of the molecule is C=Cc1ncc(C(=O)NC)c(C(F)(F)F)n1. The zero-order valence-electron chi connectivity index (χ0n) is 8.30. The van der Waals surface area contributed by atoms with Crippen molar-refractivity contribution in [2.75, 3.05) is 7.05 Å². The molecule has 1 heterocycles. The smallest absolute Gasteiger partial charge is 0.355 e. The number of carbonyl (C=O) groups is 1. The van der Waals surface area contributed by atoms with Crippen molar-refractivity contribution in [3.63, 3.8) is 0 Å². The number of carbonyl (C=O) groups excluding carboxylic acids is 1. The van der Waals surface area contributed by atoms with Gasteiger partial charge in [0.25, 0.3) is 5.91 Å². The maximum absolute atomic E-state index is 12.6. The highest BCUT2D eigenvalue weighted by Gasteiger charge is 2.37. The highest BCUT2D eigenvalue weighted by Crippen LogP contribution is 2.30. The summed E-state index contributed by atoms with van der Waals surface area (Å²) < 4.78 is 37.7. The molecule has 1 rings (SSSR count). The van der Waals surface area contributed by atoms with Crippen LogP contribution in [0.25, 0.3) is 6.08 Å². The molecule has 0 spiro atoms. The third kappa shape index (κ3) is 2.36. The number of nitrogens with zero attached hydrogens (tertiary/aromatic N) is 2. The normalized spacial score (nSPS) is 11.0. The van der Waals surface area contributed by atoms with Gasteiger partial charge in [-0.1, -0.05) is 6.58 Å². The fourth-order valence-electron chi connectivity index (χ4n) is 1.01. The fraction of sp³-hybridized carbons (Fsp3) is 0.222. The van der Waals surface area contributed by atoms with E-state index in [9.17, 15) is 18.0 Å². The Balaban J connectivity index is 3.39. The van der Waals surface area contributed by atoms with Crippen molar-refractivity contribution >= 4 is 12.0 Å². The lowest BCUT2D eigenvalue weighted by atomic mass is 10.2. The Hall–Kier alpha value is -1.92. The summed E-state index contributed by atoms with van der Waals surface area (Å²) in [5.74, 6) is -1.07. The van der Waals surface area contributed by atoms with Crippen LogP contribution < -0.4 is 5.32 Å². The van der Waals surface area contributed by atoms with Crippen molar-refractivity contribution in [3.05, 3.63) is 29.9 Å². The molecule has 1 amide bonds. The van der Waals surface area contributed by atoms with E-state index in [2.05, 4.69) is 21.9 Å². The number of alkyl halides is 3. The largest absolute Gasteiger partial charge is 0.434 e. The predicted octanol–water partition coefficient (Wildman–Crippen LogP) is 1.50. The third-order valence-corrected chi connectivity index (χ3v) is 1.73. The zero-order chi connectivity index (χ0) is 12.3. The van der Waals surface area contributed by atoms with Crippen LogP contribution in [-0.4, -0.2) is 22.9 Å². The molecule has 0 saturated carbocycles. The van der Waals surface area contributed by atoms with Crippen LogP contribution in [0.2, 0.25) is 0 Å². The third-order valence-electron chi connectivity index (χ3n) is 1.73. The van der Waals surface area contributed by atoms with Gasteiger partial charge in [-0.3, -0.25) is 4.79 Å². The van der Waals surface area contributed by atoms with Crippen molar-refractivity contribution in [2.24, 2.45) is 0 Å². The number of amides is 1. The fourth-order valence-corrected chi connectivity index (χ4v) is 1.01. The second-order valence-corrected chi connectivity index (χ2v) is 2.77. The molecule has 0 atom stereocenters. The standard InChI is InChI=1S/C9H8F3N3O/c1-3-6-14-4-5(8(16)13-2)7(15-6)9(10,11)12/h3-4H,1H2,2H3,(H,13,16). The first-order valence-corrected chi connectivity index (χ1v) is 4.19. The summed E-state index contributed by atoms with van der Waals surface area (Å²) >= 11 is 0. The summed E-state index contributed by atoms with van der Waals surface area (Å²) in [7, 11) is 1.23. The van der Waals surface area contributed by atoms with Crippen molar-refractivity contribution in [1.29, 1.82) is 0 Å². The summed E-state index contributed by atoms with van der Waals surface area (Å²) in [6, 6.07) is 0. The van der Waals surface area contributed by atoms with E-state index in [0.717, 1.165) is 12.3 Å². The van der Waals surface area contributed by atoms with Crippen molar-refractivity contribution < 1.29 is 18.0 Å². The first kappa shape index (κ1) is 12.2. The molecule has 16 heavy (non-hydrogen) atoms. The van der Waals surface area contributed by atoms with Gasteiger partial charge in [0.05, 0.1) is 5.56 Å². The Morgan fingerprint density at radius 2 is 2.19 bits per heavy atom. The monoisotopic (exact) mass is 231 g/mol. The molecule has 0 fully saturated rings. The Labute approximate surface area is 89.2 Å². The lowest BCUT2D eigenvalue weighted by molar-refractivity contribution is -0.141. The minimum Gasteiger partial charge on any atom is -0.355 e. The van der Waals surface area contributed by atoms with Crippen molar-refractivity contribution in [3.8, 4) is 0 Å². The molecule has 0 bridgehead atoms. The van der Waals surface area contributed by atoms with E-state index in [4.69, 9.17) is 0 Å². The summed E-state index contributed by atoms with van der Waals surface area (Å²) in [5.41, 5.74) is -1.88. The summed E-state index contributed by atoms with van der Waals surface area (Å²) in [5, 5.41) is 2.09. The maximum atomic E-state index is 12.6. The van der Waals surface area contributed by atoms with Crippen LogP contribution in [0.3, 0.4) is 0 Å². The van der Waals surface area contributed by atoms with Crippen LogP contribution >= 0.6 is 0 Å². The Bertz CT molecular complexity index is 428. The number of aromatic nitrogens is 2. The Morgan fingerprint density at radius 1 is 1.56 bits per heavy atom. The molecule has 0 radical (unpaired) electrons. The molecule has 4 nitrogen and oxygen atoms in total. The molecule has 86 valence electrons. The van der Waals surface area contributed by atoms with Gasteiger partial charge in [-0.15, -0.1) is 0 Å². The predicted molar refractivity (Wildman–Crippen MR) is 50.5 cm³/mol. The van der Waals surface area contributed by atoms with Crippen molar-refractivity contribution in [2.45, 2.75) is 6.18 Å². The Kier molecular flexibility index (Phi) is 3.26. The van der Waals surface area contributed by atoms with E-state index >= 15 is 0 Å². The summed E-state index contributed by atoms with van der Waals surface area (Å²) in [4.78, 5) is 17.9. The lowest BCUT2D eigenvalue weighted by Gasteiger charge is -2.10. The van der Waals surface area contributed by atoms with Gasteiger partial charge in [0, 0.05) is 13.2 Å². The van der Waals surface area contributed by atoms with Gasteiger partial charge >= 0.3 is 6.18 Å². The molecule has 0 aliphatic carbocycles. The van der Waals surface area contributed by atoms with E-state index in [0.29, 0.717) is 0 Å². The van der Waals surface area contributed by atoms with Crippen LogP contribution in [0, 0.1) is 0 Å². The van der Waals surface area contributed by atoms with Gasteiger partial charge in [0.15, 0.2) is 11.5 Å². The molecule has 0 unspecified atom stereocenters. The zero-order valence-corrected chi connectivity index (χ0v) is 8.30. The Morgan fingerprint density at radius 3 is 2.62 bits per heavy atom. The number of rotatable bonds is 2. The van der Waals surface area contributed by atoms with E-state index in [1.807, 2.05) is 0 Å². The first-order chi connectivity index (χ1) is 7.40. The number of hydrogen-bond donors (Lipinski definition) is 1. The summed E-state index contributed by atoms with van der Waals surface area (Å²) in [6.45, 7) is 3.26. The topological polar surface area (TPSA) is 54.9 Å². The number of nitrogens with one attached hydrogen (secondary N) is 1. The van der Waals surface area contributed by atoms with Crippen LogP contribution in [0.1, 0.15) is 21.9 Å². The molecule has 1 N–H and O–H groups in total. The number of hydrogen-bond acceptors (Lipinski definition) is 3. The molecule has 0 aliphatic heterocycles. The van der Waals surface area contributed by atoms with Crippen LogP contribution in [0.4, 0.5) is 13.2 Å². The molecular formula is C9H8F3N3O. The van der Waals surface area contributed by atoms with E-state index in [1.165, 1.54) is 7.05 Å². The molecule has 1 aromatic heterocycles.